The van der Waals surface area contributed by atoms with E-state index in [1.165, 1.54) is 0 Å². The molecule has 3 aromatic rings. The van der Waals surface area contributed by atoms with E-state index in [1.54, 1.807) is 32.9 Å². The summed E-state index contributed by atoms with van der Waals surface area (Å²) in [4.78, 5) is 15.7. The number of nitrogens with one attached hydrogen (secondary N) is 1. The fraction of sp³-hybridized carbons (Fsp3) is 0.250. The van der Waals surface area contributed by atoms with Gasteiger partial charge in [-0.1, -0.05) is 24.3 Å². The topological polar surface area (TPSA) is 60.5 Å². The molecule has 0 saturated heterocycles. The molecule has 0 saturated carbocycles. The van der Waals surface area contributed by atoms with Crippen LogP contribution in [0.15, 0.2) is 53.1 Å². The summed E-state index contributed by atoms with van der Waals surface area (Å²) in [5.74, 6) is -1.67. The smallest absolute Gasteiger partial charge is 0.407 e. The Morgan fingerprint density at radius 1 is 1.06 bits per heavy atom. The number of aromatic nitrogens is 1. The molecule has 0 aliphatic heterocycles. The molecule has 0 unspecified atom stereocenters. The molecule has 0 radical (unpaired) electrons. The summed E-state index contributed by atoms with van der Waals surface area (Å²) in [6.07, 6.45) is -0.492. The maximum absolute atomic E-state index is 14.1. The molecule has 1 aromatic heterocycles. The van der Waals surface area contributed by atoms with Gasteiger partial charge in [-0.25, -0.2) is 18.6 Å². The van der Waals surface area contributed by atoms with Crippen LogP contribution in [0.3, 0.4) is 0 Å². The second kappa shape index (κ2) is 9.65. The van der Waals surface area contributed by atoms with Crippen molar-refractivity contribution in [3.8, 4) is 22.8 Å². The van der Waals surface area contributed by atoms with Crippen molar-refractivity contribution in [1.82, 2.24) is 10.3 Å². The number of alkyl carbamates (subject to hydrolysis) is 1. The van der Waals surface area contributed by atoms with Gasteiger partial charge in [-0.15, -0.1) is 0 Å². The molecule has 32 heavy (non-hydrogen) atoms. The standard InChI is InChI=1S/C24H23BrF2N2O3/c1-14-8-17(11-18(9-14)31-22-20(27)12-19(26)21(25)29-22)16-7-5-6-15(10-16)13-28-23(30)32-24(2,3)4/h5-12H,13H2,1-4H3,(H,28,30). The predicted octanol–water partition coefficient (Wildman–Crippen LogP) is 6.91. The highest BCUT2D eigenvalue weighted by Crippen LogP contribution is 2.31. The SMILES string of the molecule is Cc1cc(Oc2nc(Br)c(F)cc2F)cc(-c2cccc(CNC(=O)OC(C)(C)C)c2)c1. The van der Waals surface area contributed by atoms with Crippen molar-refractivity contribution in [3.05, 3.63) is 75.9 Å². The summed E-state index contributed by atoms with van der Waals surface area (Å²) in [6.45, 7) is 7.59. The number of benzene rings is 2. The van der Waals surface area contributed by atoms with Crippen molar-refractivity contribution >= 4 is 22.0 Å². The van der Waals surface area contributed by atoms with Gasteiger partial charge in [-0.3, -0.25) is 0 Å². The predicted molar refractivity (Wildman–Crippen MR) is 122 cm³/mol. The number of halogens is 3. The molecule has 1 heterocycles. The normalized spacial score (nSPS) is 11.2. The number of aryl methyl sites for hydroxylation is 1. The quantitative estimate of drug-likeness (QED) is 0.383. The second-order valence-electron chi connectivity index (χ2n) is 8.24. The zero-order valence-corrected chi connectivity index (χ0v) is 19.7. The van der Waals surface area contributed by atoms with Crippen LogP contribution in [-0.4, -0.2) is 16.7 Å². The lowest BCUT2D eigenvalue weighted by molar-refractivity contribution is 0.0523. The van der Waals surface area contributed by atoms with Crippen molar-refractivity contribution in [2.75, 3.05) is 0 Å². The highest BCUT2D eigenvalue weighted by Gasteiger charge is 2.16. The monoisotopic (exact) mass is 504 g/mol. The number of nitrogens with zero attached hydrogens (tertiary/aromatic N) is 1. The van der Waals surface area contributed by atoms with Crippen molar-refractivity contribution in [1.29, 1.82) is 0 Å². The van der Waals surface area contributed by atoms with E-state index in [1.807, 2.05) is 37.3 Å². The number of hydrogen-bond acceptors (Lipinski definition) is 4. The number of rotatable bonds is 5. The van der Waals surface area contributed by atoms with E-state index in [9.17, 15) is 13.6 Å². The van der Waals surface area contributed by atoms with Gasteiger partial charge in [0.15, 0.2) is 11.6 Å². The molecular weight excluding hydrogens is 482 g/mol. The Morgan fingerprint density at radius 3 is 2.53 bits per heavy atom. The highest BCUT2D eigenvalue weighted by molar-refractivity contribution is 9.10. The van der Waals surface area contributed by atoms with E-state index in [0.29, 0.717) is 18.4 Å². The van der Waals surface area contributed by atoms with Gasteiger partial charge in [-0.2, -0.15) is 0 Å². The summed E-state index contributed by atoms with van der Waals surface area (Å²) in [5.41, 5.74) is 2.92. The largest absolute Gasteiger partial charge is 0.444 e. The Labute approximate surface area is 193 Å². The van der Waals surface area contributed by atoms with Crippen LogP contribution in [0.1, 0.15) is 31.9 Å². The van der Waals surface area contributed by atoms with Crippen LogP contribution in [0.2, 0.25) is 0 Å². The first-order valence-corrected chi connectivity index (χ1v) is 10.7. The number of ether oxygens (including phenoxy) is 2. The lowest BCUT2D eigenvalue weighted by atomic mass is 10.0. The maximum atomic E-state index is 14.1. The van der Waals surface area contributed by atoms with E-state index in [0.717, 1.165) is 22.3 Å². The highest BCUT2D eigenvalue weighted by atomic mass is 79.9. The van der Waals surface area contributed by atoms with E-state index < -0.39 is 23.3 Å². The summed E-state index contributed by atoms with van der Waals surface area (Å²) < 4.78 is 38.2. The molecule has 8 heteroatoms. The van der Waals surface area contributed by atoms with Crippen LogP contribution in [0, 0.1) is 18.6 Å². The van der Waals surface area contributed by atoms with E-state index in [-0.39, 0.29) is 10.5 Å². The molecule has 5 nitrogen and oxygen atoms in total. The third-order valence-corrected chi connectivity index (χ3v) is 4.77. The molecule has 1 N–H and O–H groups in total. The van der Waals surface area contributed by atoms with Crippen LogP contribution < -0.4 is 10.1 Å². The summed E-state index contributed by atoms with van der Waals surface area (Å²) in [6, 6.07) is 13.8. The van der Waals surface area contributed by atoms with Gasteiger partial charge in [0, 0.05) is 12.6 Å². The van der Waals surface area contributed by atoms with Crippen LogP contribution in [0.25, 0.3) is 11.1 Å². The first-order valence-electron chi connectivity index (χ1n) is 9.87. The minimum Gasteiger partial charge on any atom is -0.444 e. The molecule has 0 aliphatic carbocycles. The number of amides is 1. The first-order chi connectivity index (χ1) is 15.0. The van der Waals surface area contributed by atoms with Gasteiger partial charge >= 0.3 is 6.09 Å². The summed E-state index contributed by atoms with van der Waals surface area (Å²) in [7, 11) is 0. The molecule has 0 aliphatic rings. The Bertz CT molecular complexity index is 1150. The zero-order valence-electron chi connectivity index (χ0n) is 18.1. The molecular formula is C24H23BrF2N2O3. The van der Waals surface area contributed by atoms with E-state index in [4.69, 9.17) is 9.47 Å². The average molecular weight is 505 g/mol. The molecule has 2 aromatic carbocycles. The van der Waals surface area contributed by atoms with Gasteiger partial charge < -0.3 is 14.8 Å². The van der Waals surface area contributed by atoms with Gasteiger partial charge in [-0.05, 0) is 84.1 Å². The molecule has 3 rings (SSSR count). The van der Waals surface area contributed by atoms with Crippen molar-refractivity contribution in [2.24, 2.45) is 0 Å². The molecule has 0 fully saturated rings. The van der Waals surface area contributed by atoms with Crippen LogP contribution in [-0.2, 0) is 11.3 Å². The Balaban J connectivity index is 1.80. The number of hydrogen-bond donors (Lipinski definition) is 1. The second-order valence-corrected chi connectivity index (χ2v) is 8.99. The Hall–Kier alpha value is -3.00. The molecule has 0 bridgehead atoms. The first kappa shape index (κ1) is 23.7. The maximum Gasteiger partial charge on any atom is 0.407 e. The van der Waals surface area contributed by atoms with Gasteiger partial charge in [0.05, 0.1) is 0 Å². The minimum absolute atomic E-state index is 0.132. The Kier molecular flexibility index (Phi) is 7.13. The minimum atomic E-state index is -0.899. The molecule has 0 atom stereocenters. The van der Waals surface area contributed by atoms with Crippen molar-refractivity contribution in [3.63, 3.8) is 0 Å². The lowest BCUT2D eigenvalue weighted by Crippen LogP contribution is -2.32. The molecule has 168 valence electrons. The average Bonchev–Trinajstić information content (AvgIpc) is 2.69. The summed E-state index contributed by atoms with van der Waals surface area (Å²) >= 11 is 2.94. The van der Waals surface area contributed by atoms with Crippen LogP contribution in [0.4, 0.5) is 13.6 Å². The summed E-state index contributed by atoms with van der Waals surface area (Å²) in [5, 5.41) is 2.73. The van der Waals surface area contributed by atoms with Crippen molar-refractivity contribution < 1.29 is 23.0 Å². The van der Waals surface area contributed by atoms with Crippen LogP contribution >= 0.6 is 15.9 Å². The number of carbonyl (C=O) groups excluding carboxylic acids is 1. The lowest BCUT2D eigenvalue weighted by Gasteiger charge is -2.19. The van der Waals surface area contributed by atoms with Crippen molar-refractivity contribution in [2.45, 2.75) is 39.8 Å². The van der Waals surface area contributed by atoms with Crippen LogP contribution in [0.5, 0.6) is 11.6 Å². The zero-order chi connectivity index (χ0) is 23.5. The van der Waals surface area contributed by atoms with Gasteiger partial charge in [0.25, 0.3) is 5.88 Å². The fourth-order valence-corrected chi connectivity index (χ4v) is 3.21. The molecule has 1 amide bonds. The Morgan fingerprint density at radius 2 is 1.81 bits per heavy atom. The molecule has 0 spiro atoms. The van der Waals surface area contributed by atoms with Gasteiger partial charge in [0.1, 0.15) is 16.0 Å². The van der Waals surface area contributed by atoms with E-state index in [2.05, 4.69) is 26.2 Å². The number of pyridine rings is 1. The van der Waals surface area contributed by atoms with E-state index >= 15 is 0 Å². The van der Waals surface area contributed by atoms with Gasteiger partial charge in [0.2, 0.25) is 0 Å². The third kappa shape index (κ3) is 6.50. The third-order valence-electron chi connectivity index (χ3n) is 4.22. The fourth-order valence-electron chi connectivity index (χ4n) is 2.93. The number of carbonyl (C=O) groups is 1.